The van der Waals surface area contributed by atoms with Crippen molar-refractivity contribution in [2.75, 3.05) is 20.2 Å². The fourth-order valence-corrected chi connectivity index (χ4v) is 3.59. The van der Waals surface area contributed by atoms with Crippen molar-refractivity contribution in [3.05, 3.63) is 26.7 Å². The number of hydrogen-bond acceptors (Lipinski definition) is 7. The molecule has 2 atom stereocenters. The molecular weight excluding hydrogens is 354 g/mol. The van der Waals surface area contributed by atoms with Crippen LogP contribution in [-0.2, 0) is 41.5 Å². The molecule has 10 heteroatoms. The van der Waals surface area contributed by atoms with Crippen molar-refractivity contribution in [1.29, 1.82) is 0 Å². The molecule has 2 aromatic rings. The minimum absolute atomic E-state index is 0.0735. The van der Waals surface area contributed by atoms with Crippen molar-refractivity contribution in [2.24, 2.45) is 14.1 Å². The van der Waals surface area contributed by atoms with E-state index in [9.17, 15) is 14.4 Å². The summed E-state index contributed by atoms with van der Waals surface area (Å²) in [6, 6.07) is 0. The number of rotatable bonds is 4. The Hall–Kier alpha value is -2.46. The molecule has 0 unspecified atom stereocenters. The van der Waals surface area contributed by atoms with E-state index >= 15 is 0 Å². The van der Waals surface area contributed by atoms with E-state index in [2.05, 4.69) is 9.88 Å². The van der Waals surface area contributed by atoms with E-state index in [0.717, 1.165) is 4.57 Å². The van der Waals surface area contributed by atoms with E-state index in [1.165, 1.54) is 18.7 Å². The first-order valence-electron chi connectivity index (χ1n) is 8.82. The van der Waals surface area contributed by atoms with E-state index in [4.69, 9.17) is 9.47 Å². The first kappa shape index (κ1) is 19.3. The number of ether oxygens (including phenoxy) is 2. The number of carbonyl (C=O) groups is 1. The molecule has 0 bridgehead atoms. The summed E-state index contributed by atoms with van der Waals surface area (Å²) in [5, 5.41) is 0. The fourth-order valence-electron chi connectivity index (χ4n) is 3.59. The molecule has 1 saturated heterocycles. The Kier molecular flexibility index (Phi) is 5.20. The lowest BCUT2D eigenvalue weighted by molar-refractivity contribution is -0.141. The summed E-state index contributed by atoms with van der Waals surface area (Å²) in [5.41, 5.74) is -0.472. The molecule has 1 aliphatic rings. The zero-order chi connectivity index (χ0) is 19.9. The zero-order valence-electron chi connectivity index (χ0n) is 16.3. The minimum atomic E-state index is -0.491. The second-order valence-corrected chi connectivity index (χ2v) is 7.02. The van der Waals surface area contributed by atoms with Crippen LogP contribution in [0.15, 0.2) is 9.59 Å². The number of esters is 1. The van der Waals surface area contributed by atoms with Crippen LogP contribution in [0.25, 0.3) is 11.2 Å². The first-order valence-corrected chi connectivity index (χ1v) is 8.82. The van der Waals surface area contributed by atoms with E-state index in [1.807, 2.05) is 13.8 Å². The standard InChI is InChI=1S/C17H25N5O5/c1-10-6-21(7-11(2)27-10)8-12-18-15-14(22(12)9-13(23)26-5)16(24)20(4)17(25)19(15)3/h10-11H,6-9H2,1-5H3/t10-,11-/m0/s1. The third-order valence-corrected chi connectivity index (χ3v) is 4.80. The number of morpholine rings is 1. The largest absolute Gasteiger partial charge is 0.468 e. The van der Waals surface area contributed by atoms with E-state index in [-0.39, 0.29) is 29.9 Å². The van der Waals surface area contributed by atoms with Crippen LogP contribution in [0.2, 0.25) is 0 Å². The summed E-state index contributed by atoms with van der Waals surface area (Å²) in [7, 11) is 4.26. The number of nitrogens with zero attached hydrogens (tertiary/aromatic N) is 5. The topological polar surface area (TPSA) is 101 Å². The van der Waals surface area contributed by atoms with Crippen LogP contribution in [-0.4, -0.2) is 62.0 Å². The van der Waals surface area contributed by atoms with Gasteiger partial charge in [0.25, 0.3) is 5.56 Å². The van der Waals surface area contributed by atoms with Gasteiger partial charge in [0, 0.05) is 27.2 Å². The first-order chi connectivity index (χ1) is 12.7. The lowest BCUT2D eigenvalue weighted by Gasteiger charge is -2.35. The van der Waals surface area contributed by atoms with E-state index < -0.39 is 17.2 Å². The van der Waals surface area contributed by atoms with Gasteiger partial charge in [0.05, 0.1) is 25.9 Å². The van der Waals surface area contributed by atoms with Gasteiger partial charge >= 0.3 is 11.7 Å². The molecule has 0 N–H and O–H groups in total. The molecule has 0 saturated carbocycles. The normalized spacial score (nSPS) is 20.9. The highest BCUT2D eigenvalue weighted by Gasteiger charge is 2.26. The van der Waals surface area contributed by atoms with Gasteiger partial charge in [0.1, 0.15) is 12.4 Å². The van der Waals surface area contributed by atoms with Gasteiger partial charge in [-0.15, -0.1) is 0 Å². The van der Waals surface area contributed by atoms with Crippen LogP contribution < -0.4 is 11.2 Å². The number of fused-ring (bicyclic) bond motifs is 1. The Morgan fingerprint density at radius 1 is 1.19 bits per heavy atom. The second-order valence-electron chi connectivity index (χ2n) is 7.02. The van der Waals surface area contributed by atoms with Crippen LogP contribution in [0, 0.1) is 0 Å². The molecule has 1 fully saturated rings. The van der Waals surface area contributed by atoms with Gasteiger partial charge in [0.2, 0.25) is 0 Å². The van der Waals surface area contributed by atoms with Gasteiger partial charge in [-0.3, -0.25) is 23.6 Å². The smallest absolute Gasteiger partial charge is 0.332 e. The summed E-state index contributed by atoms with van der Waals surface area (Å²) in [6.45, 7) is 5.71. The molecule has 3 heterocycles. The quantitative estimate of drug-likeness (QED) is 0.642. The Morgan fingerprint density at radius 2 is 1.81 bits per heavy atom. The second kappa shape index (κ2) is 7.28. The predicted molar refractivity (Wildman–Crippen MR) is 97.5 cm³/mol. The molecule has 0 aliphatic carbocycles. The van der Waals surface area contributed by atoms with Crippen molar-refractivity contribution in [3.8, 4) is 0 Å². The molecular formula is C17H25N5O5. The summed E-state index contributed by atoms with van der Waals surface area (Å²) in [4.78, 5) is 43.6. The number of imidazole rings is 1. The molecule has 3 rings (SSSR count). The maximum Gasteiger partial charge on any atom is 0.332 e. The maximum atomic E-state index is 12.7. The predicted octanol–water partition coefficient (Wildman–Crippen LogP) is -0.784. The highest BCUT2D eigenvalue weighted by Crippen LogP contribution is 2.17. The van der Waals surface area contributed by atoms with Crippen molar-refractivity contribution < 1.29 is 14.3 Å². The van der Waals surface area contributed by atoms with E-state index in [1.54, 1.807) is 11.6 Å². The van der Waals surface area contributed by atoms with Crippen LogP contribution in [0.4, 0.5) is 0 Å². The number of hydrogen-bond donors (Lipinski definition) is 0. The Bertz CT molecular complexity index is 978. The van der Waals surface area contributed by atoms with Crippen molar-refractivity contribution >= 4 is 17.1 Å². The summed E-state index contributed by atoms with van der Waals surface area (Å²) >= 11 is 0. The summed E-state index contributed by atoms with van der Waals surface area (Å²) < 4.78 is 14.4. The highest BCUT2D eigenvalue weighted by molar-refractivity contribution is 5.75. The highest BCUT2D eigenvalue weighted by atomic mass is 16.5. The molecule has 10 nitrogen and oxygen atoms in total. The maximum absolute atomic E-state index is 12.7. The SMILES string of the molecule is COC(=O)Cn1c(CN2C[C@H](C)O[C@@H](C)C2)nc2c1c(=O)n(C)c(=O)n2C. The van der Waals surface area contributed by atoms with Gasteiger partial charge in [-0.25, -0.2) is 9.78 Å². The average molecular weight is 379 g/mol. The third kappa shape index (κ3) is 3.54. The summed E-state index contributed by atoms with van der Waals surface area (Å²) in [6.07, 6.45) is 0.147. The Morgan fingerprint density at radius 3 is 2.41 bits per heavy atom. The zero-order valence-corrected chi connectivity index (χ0v) is 16.3. The molecule has 2 aromatic heterocycles. The monoisotopic (exact) mass is 379 g/mol. The fraction of sp³-hybridized carbons (Fsp3) is 0.647. The van der Waals surface area contributed by atoms with Crippen molar-refractivity contribution in [1.82, 2.24) is 23.6 Å². The lowest BCUT2D eigenvalue weighted by Crippen LogP contribution is -2.45. The summed E-state index contributed by atoms with van der Waals surface area (Å²) in [5.74, 6) is 0.0465. The molecule has 0 aromatic carbocycles. The molecule has 0 radical (unpaired) electrons. The van der Waals surface area contributed by atoms with Gasteiger partial charge < -0.3 is 14.0 Å². The van der Waals surface area contributed by atoms with Gasteiger partial charge in [-0.05, 0) is 13.8 Å². The van der Waals surface area contributed by atoms with E-state index in [0.29, 0.717) is 25.5 Å². The third-order valence-electron chi connectivity index (χ3n) is 4.80. The van der Waals surface area contributed by atoms with Crippen LogP contribution in [0.3, 0.4) is 0 Å². The number of aryl methyl sites for hydroxylation is 1. The van der Waals surface area contributed by atoms with Gasteiger partial charge in [0.15, 0.2) is 11.2 Å². The molecule has 1 aliphatic heterocycles. The van der Waals surface area contributed by atoms with Gasteiger partial charge in [-0.2, -0.15) is 0 Å². The van der Waals surface area contributed by atoms with Crippen LogP contribution in [0.1, 0.15) is 19.7 Å². The molecule has 148 valence electrons. The van der Waals surface area contributed by atoms with Crippen LogP contribution >= 0.6 is 0 Å². The van der Waals surface area contributed by atoms with Gasteiger partial charge in [-0.1, -0.05) is 0 Å². The Labute approximate surface area is 155 Å². The van der Waals surface area contributed by atoms with Crippen molar-refractivity contribution in [2.45, 2.75) is 39.1 Å². The Balaban J connectivity index is 2.13. The minimum Gasteiger partial charge on any atom is -0.468 e. The number of aromatic nitrogens is 4. The number of carbonyl (C=O) groups excluding carboxylic acids is 1. The molecule has 27 heavy (non-hydrogen) atoms. The van der Waals surface area contributed by atoms with Crippen LogP contribution in [0.5, 0.6) is 0 Å². The van der Waals surface area contributed by atoms with Crippen molar-refractivity contribution in [3.63, 3.8) is 0 Å². The average Bonchev–Trinajstić information content (AvgIpc) is 2.95. The number of methoxy groups -OCH3 is 1. The molecule has 0 amide bonds. The lowest BCUT2D eigenvalue weighted by atomic mass is 10.2. The molecule has 0 spiro atoms.